The summed E-state index contributed by atoms with van der Waals surface area (Å²) in [6.45, 7) is 0.150. The predicted octanol–water partition coefficient (Wildman–Crippen LogP) is 2.02. The fourth-order valence-electron chi connectivity index (χ4n) is 3.29. The van der Waals surface area contributed by atoms with Gasteiger partial charge in [-0.05, 0) is 31.0 Å². The highest BCUT2D eigenvalue weighted by atomic mass is 19.1. The Bertz CT molecular complexity index is 853. The number of hydrogen-bond acceptors (Lipinski definition) is 5. The maximum absolute atomic E-state index is 13.7. The van der Waals surface area contributed by atoms with Crippen molar-refractivity contribution < 1.29 is 29.1 Å². The monoisotopic (exact) mass is 374 g/mol. The Morgan fingerprint density at radius 3 is 2.78 bits per heavy atom. The minimum absolute atomic E-state index is 0.0404. The SMILES string of the molecule is [NH3+]C1CCC(NC(=O)c2cc(F)cnc2Oc2ccc3c(c2)OCO3)CC1. The van der Waals surface area contributed by atoms with E-state index in [1.807, 2.05) is 0 Å². The molecule has 1 aromatic heterocycles. The fourth-order valence-corrected chi connectivity index (χ4v) is 3.29. The molecule has 7 nitrogen and oxygen atoms in total. The first-order valence-electron chi connectivity index (χ1n) is 8.95. The third-order valence-electron chi connectivity index (χ3n) is 4.80. The topological polar surface area (TPSA) is 97.3 Å². The first-order chi connectivity index (χ1) is 13.1. The molecule has 0 radical (unpaired) electrons. The third-order valence-corrected chi connectivity index (χ3v) is 4.80. The molecule has 1 amide bonds. The Kier molecular flexibility index (Phi) is 4.81. The van der Waals surface area contributed by atoms with Gasteiger partial charge in [-0.1, -0.05) is 0 Å². The molecule has 0 saturated heterocycles. The minimum Gasteiger partial charge on any atom is -0.454 e. The molecule has 1 aromatic carbocycles. The zero-order valence-electron chi connectivity index (χ0n) is 14.7. The van der Waals surface area contributed by atoms with Gasteiger partial charge in [0, 0.05) is 24.9 Å². The summed E-state index contributed by atoms with van der Waals surface area (Å²) >= 11 is 0. The minimum atomic E-state index is -0.598. The van der Waals surface area contributed by atoms with E-state index in [0.29, 0.717) is 23.3 Å². The van der Waals surface area contributed by atoms with Crippen molar-refractivity contribution >= 4 is 5.91 Å². The third kappa shape index (κ3) is 3.95. The number of ether oxygens (including phenoxy) is 3. The van der Waals surface area contributed by atoms with Crippen LogP contribution < -0.4 is 25.3 Å². The molecule has 142 valence electrons. The number of quaternary nitrogens is 1. The first kappa shape index (κ1) is 17.5. The first-order valence-corrected chi connectivity index (χ1v) is 8.95. The van der Waals surface area contributed by atoms with Crippen LogP contribution in [0, 0.1) is 5.82 Å². The highest BCUT2D eigenvalue weighted by Gasteiger charge is 2.25. The van der Waals surface area contributed by atoms with Crippen molar-refractivity contribution in [1.82, 2.24) is 10.3 Å². The summed E-state index contributed by atoms with van der Waals surface area (Å²) < 4.78 is 30.0. The number of carbonyl (C=O) groups excluding carboxylic acids is 1. The molecule has 1 fully saturated rings. The zero-order valence-corrected chi connectivity index (χ0v) is 14.7. The van der Waals surface area contributed by atoms with Crippen molar-refractivity contribution in [2.75, 3.05) is 6.79 Å². The molecule has 4 rings (SSSR count). The molecule has 8 heteroatoms. The Labute approximate surface area is 155 Å². The van der Waals surface area contributed by atoms with E-state index in [4.69, 9.17) is 14.2 Å². The summed E-state index contributed by atoms with van der Waals surface area (Å²) in [4.78, 5) is 16.6. The number of aromatic nitrogens is 1. The summed E-state index contributed by atoms with van der Waals surface area (Å²) in [5.41, 5.74) is 4.11. The van der Waals surface area contributed by atoms with Crippen LogP contribution in [-0.2, 0) is 0 Å². The van der Waals surface area contributed by atoms with E-state index in [1.165, 1.54) is 0 Å². The van der Waals surface area contributed by atoms with Crippen molar-refractivity contribution in [2.24, 2.45) is 0 Å². The van der Waals surface area contributed by atoms with E-state index >= 15 is 0 Å². The predicted molar refractivity (Wildman–Crippen MR) is 93.2 cm³/mol. The summed E-state index contributed by atoms with van der Waals surface area (Å²) in [6.07, 6.45) is 4.68. The molecule has 1 aliphatic carbocycles. The number of amides is 1. The van der Waals surface area contributed by atoms with E-state index in [0.717, 1.165) is 37.9 Å². The van der Waals surface area contributed by atoms with Gasteiger partial charge < -0.3 is 25.3 Å². The van der Waals surface area contributed by atoms with Crippen LogP contribution in [0.25, 0.3) is 0 Å². The standard InChI is InChI=1S/C19H20FN3O4/c20-11-7-15(18(24)23-13-3-1-12(21)2-4-13)19(22-9-11)27-14-5-6-16-17(8-14)26-10-25-16/h5-9,12-13H,1-4,10,21H2,(H,23,24)/p+1. The van der Waals surface area contributed by atoms with Gasteiger partial charge in [0.15, 0.2) is 11.5 Å². The van der Waals surface area contributed by atoms with Gasteiger partial charge in [-0.15, -0.1) is 0 Å². The number of halogens is 1. The molecule has 0 atom stereocenters. The van der Waals surface area contributed by atoms with Gasteiger partial charge in [0.05, 0.1) is 12.2 Å². The molecule has 0 bridgehead atoms. The average Bonchev–Trinajstić information content (AvgIpc) is 3.13. The van der Waals surface area contributed by atoms with Crippen LogP contribution in [-0.4, -0.2) is 29.8 Å². The second kappa shape index (κ2) is 7.40. The maximum atomic E-state index is 13.7. The number of nitrogens with zero attached hydrogens (tertiary/aromatic N) is 1. The number of pyridine rings is 1. The fraction of sp³-hybridized carbons (Fsp3) is 0.368. The highest BCUT2D eigenvalue weighted by molar-refractivity contribution is 5.96. The number of rotatable bonds is 4. The molecule has 1 aliphatic heterocycles. The van der Waals surface area contributed by atoms with Gasteiger partial charge >= 0.3 is 0 Å². The van der Waals surface area contributed by atoms with E-state index in [-0.39, 0.29) is 24.3 Å². The molecule has 0 spiro atoms. The number of carbonyl (C=O) groups is 1. The van der Waals surface area contributed by atoms with Gasteiger partial charge in [-0.25, -0.2) is 9.37 Å². The van der Waals surface area contributed by atoms with Crippen molar-refractivity contribution in [3.63, 3.8) is 0 Å². The largest absolute Gasteiger partial charge is 0.454 e. The average molecular weight is 374 g/mol. The summed E-state index contributed by atoms with van der Waals surface area (Å²) in [7, 11) is 0. The van der Waals surface area contributed by atoms with Crippen LogP contribution in [0.4, 0.5) is 4.39 Å². The second-order valence-corrected chi connectivity index (χ2v) is 6.81. The van der Waals surface area contributed by atoms with Gasteiger partial charge in [0.2, 0.25) is 12.7 Å². The molecule has 2 aliphatic rings. The van der Waals surface area contributed by atoms with Gasteiger partial charge in [-0.3, -0.25) is 4.79 Å². The van der Waals surface area contributed by atoms with Crippen LogP contribution in [0.3, 0.4) is 0 Å². The zero-order chi connectivity index (χ0) is 18.8. The highest BCUT2D eigenvalue weighted by Crippen LogP contribution is 2.36. The molecule has 2 aromatic rings. The number of benzene rings is 1. The molecule has 1 saturated carbocycles. The maximum Gasteiger partial charge on any atom is 0.257 e. The van der Waals surface area contributed by atoms with Crippen LogP contribution in [0.1, 0.15) is 36.0 Å². The van der Waals surface area contributed by atoms with E-state index in [1.54, 1.807) is 18.2 Å². The van der Waals surface area contributed by atoms with Crippen molar-refractivity contribution in [3.8, 4) is 23.1 Å². The summed E-state index contributed by atoms with van der Waals surface area (Å²) in [5, 5.41) is 2.95. The Morgan fingerprint density at radius 2 is 1.96 bits per heavy atom. The molecular weight excluding hydrogens is 353 g/mol. The summed E-state index contributed by atoms with van der Waals surface area (Å²) in [6, 6.07) is 6.65. The molecule has 0 unspecified atom stereocenters. The van der Waals surface area contributed by atoms with Gasteiger partial charge in [0.25, 0.3) is 5.91 Å². The smallest absolute Gasteiger partial charge is 0.257 e. The normalized spacial score (nSPS) is 21.0. The molecular formula is C19H21FN3O4+. The van der Waals surface area contributed by atoms with Crippen molar-refractivity contribution in [1.29, 1.82) is 0 Å². The van der Waals surface area contributed by atoms with E-state index in [2.05, 4.69) is 16.0 Å². The van der Waals surface area contributed by atoms with Gasteiger partial charge in [0.1, 0.15) is 17.1 Å². The Hall–Kier alpha value is -2.87. The molecule has 4 N–H and O–H groups in total. The second-order valence-electron chi connectivity index (χ2n) is 6.81. The van der Waals surface area contributed by atoms with Crippen LogP contribution >= 0.6 is 0 Å². The molecule has 27 heavy (non-hydrogen) atoms. The lowest BCUT2D eigenvalue weighted by molar-refractivity contribution is -0.425. The Balaban J connectivity index is 1.52. The van der Waals surface area contributed by atoms with Crippen LogP contribution in [0.15, 0.2) is 30.5 Å². The van der Waals surface area contributed by atoms with Crippen LogP contribution in [0.5, 0.6) is 23.1 Å². The number of nitrogens with one attached hydrogen (secondary N) is 1. The lowest BCUT2D eigenvalue weighted by Gasteiger charge is -2.25. The lowest BCUT2D eigenvalue weighted by Crippen LogP contribution is -2.62. The number of fused-ring (bicyclic) bond motifs is 1. The number of hydrogen-bond donors (Lipinski definition) is 2. The lowest BCUT2D eigenvalue weighted by atomic mass is 9.91. The van der Waals surface area contributed by atoms with E-state index in [9.17, 15) is 9.18 Å². The van der Waals surface area contributed by atoms with Crippen LogP contribution in [0.2, 0.25) is 0 Å². The van der Waals surface area contributed by atoms with Crippen molar-refractivity contribution in [2.45, 2.75) is 37.8 Å². The van der Waals surface area contributed by atoms with E-state index < -0.39 is 11.7 Å². The quantitative estimate of drug-likeness (QED) is 0.853. The van der Waals surface area contributed by atoms with Crippen molar-refractivity contribution in [3.05, 3.63) is 41.8 Å². The van der Waals surface area contributed by atoms with Gasteiger partial charge in [-0.2, -0.15) is 0 Å². The Morgan fingerprint density at radius 1 is 1.19 bits per heavy atom. The molecule has 2 heterocycles. The summed E-state index contributed by atoms with van der Waals surface area (Å²) in [5.74, 6) is 0.632.